The summed E-state index contributed by atoms with van der Waals surface area (Å²) in [5.41, 5.74) is 5.14. The van der Waals surface area contributed by atoms with Crippen LogP contribution in [-0.2, 0) is 9.59 Å². The van der Waals surface area contributed by atoms with Crippen LogP contribution in [0.25, 0.3) is 0 Å². The van der Waals surface area contributed by atoms with Crippen molar-refractivity contribution < 1.29 is 19.1 Å². The van der Waals surface area contributed by atoms with Gasteiger partial charge in [-0.2, -0.15) is 0 Å². The molecule has 2 heterocycles. The molecule has 2 amide bonds. The molecule has 2 aromatic rings. The number of nitrogens with zero attached hydrogens (tertiary/aromatic N) is 4. The number of aromatic nitrogens is 2. The molecule has 11 heteroatoms. The minimum atomic E-state index is -0.385. The van der Waals surface area contributed by atoms with Gasteiger partial charge < -0.3 is 25.0 Å². The third-order valence-electron chi connectivity index (χ3n) is 4.06. The highest BCUT2D eigenvalue weighted by atomic mass is 32.2. The molecule has 0 unspecified atom stereocenters. The Hall–Kier alpha value is -2.53. The van der Waals surface area contributed by atoms with Crippen LogP contribution in [0.4, 0.5) is 5.13 Å². The van der Waals surface area contributed by atoms with E-state index >= 15 is 0 Å². The van der Waals surface area contributed by atoms with Gasteiger partial charge in [0.05, 0.1) is 12.9 Å². The standard InChI is InChI=1S/C17H21N5O4S2/c1-25-12-4-2-3-5-13(12)26-10-15(24)21-6-8-22(9-7-21)16-19-20-17(28-16)27-11-14(18)23/h2-5H,6-11H2,1H3,(H2,18,23). The van der Waals surface area contributed by atoms with Gasteiger partial charge in [0.15, 0.2) is 22.4 Å². The summed E-state index contributed by atoms with van der Waals surface area (Å²) in [5.74, 6) is 0.876. The maximum Gasteiger partial charge on any atom is 0.260 e. The fourth-order valence-corrected chi connectivity index (χ4v) is 4.27. The summed E-state index contributed by atoms with van der Waals surface area (Å²) in [5, 5.41) is 9.01. The quantitative estimate of drug-likeness (QED) is 0.622. The molecule has 1 aromatic heterocycles. The summed E-state index contributed by atoms with van der Waals surface area (Å²) in [6, 6.07) is 7.24. The maximum atomic E-state index is 12.4. The second kappa shape index (κ2) is 9.60. The molecule has 1 aliphatic heterocycles. The Morgan fingerprint density at radius 2 is 1.89 bits per heavy atom. The number of amides is 2. The van der Waals surface area contributed by atoms with Crippen molar-refractivity contribution in [3.05, 3.63) is 24.3 Å². The predicted molar refractivity (Wildman–Crippen MR) is 107 cm³/mol. The minimum absolute atomic E-state index is 0.0346. The van der Waals surface area contributed by atoms with Crippen molar-refractivity contribution in [2.24, 2.45) is 5.73 Å². The van der Waals surface area contributed by atoms with Gasteiger partial charge in [0.1, 0.15) is 0 Å². The first-order valence-corrected chi connectivity index (χ1v) is 10.4. The van der Waals surface area contributed by atoms with Crippen molar-refractivity contribution in [3.8, 4) is 11.5 Å². The molecule has 3 rings (SSSR count). The predicted octanol–water partition coefficient (Wildman–Crippen LogP) is 0.852. The lowest BCUT2D eigenvalue weighted by Gasteiger charge is -2.34. The van der Waals surface area contributed by atoms with Gasteiger partial charge in [-0.05, 0) is 12.1 Å². The minimum Gasteiger partial charge on any atom is -0.493 e. The molecule has 0 radical (unpaired) electrons. The molecule has 1 fully saturated rings. The van der Waals surface area contributed by atoms with Crippen molar-refractivity contribution in [2.45, 2.75) is 4.34 Å². The molecular weight excluding hydrogens is 402 g/mol. The van der Waals surface area contributed by atoms with Crippen LogP contribution >= 0.6 is 23.1 Å². The number of piperazine rings is 1. The molecule has 0 atom stereocenters. The van der Waals surface area contributed by atoms with E-state index in [9.17, 15) is 9.59 Å². The number of nitrogens with two attached hydrogens (primary N) is 1. The van der Waals surface area contributed by atoms with Gasteiger partial charge in [-0.25, -0.2) is 0 Å². The molecule has 1 aromatic carbocycles. The van der Waals surface area contributed by atoms with E-state index in [1.807, 2.05) is 12.1 Å². The first kappa shape index (κ1) is 20.2. The Morgan fingerprint density at radius 3 is 2.57 bits per heavy atom. The van der Waals surface area contributed by atoms with Crippen molar-refractivity contribution in [1.82, 2.24) is 15.1 Å². The van der Waals surface area contributed by atoms with E-state index in [4.69, 9.17) is 15.2 Å². The first-order chi connectivity index (χ1) is 13.6. The van der Waals surface area contributed by atoms with E-state index in [0.29, 0.717) is 42.0 Å². The van der Waals surface area contributed by atoms with Crippen molar-refractivity contribution in [3.63, 3.8) is 0 Å². The zero-order valence-electron chi connectivity index (χ0n) is 15.4. The Balaban J connectivity index is 1.47. The van der Waals surface area contributed by atoms with Crippen LogP contribution in [0.1, 0.15) is 0 Å². The molecule has 0 spiro atoms. The number of methoxy groups -OCH3 is 1. The summed E-state index contributed by atoms with van der Waals surface area (Å²) in [6.45, 7) is 2.45. The molecule has 0 aliphatic carbocycles. The van der Waals surface area contributed by atoms with Gasteiger partial charge >= 0.3 is 0 Å². The van der Waals surface area contributed by atoms with Crippen LogP contribution in [0.15, 0.2) is 28.6 Å². The van der Waals surface area contributed by atoms with Crippen LogP contribution in [-0.4, -0.2) is 72.6 Å². The number of anilines is 1. The molecule has 1 aliphatic rings. The number of benzene rings is 1. The number of para-hydroxylation sites is 2. The van der Waals surface area contributed by atoms with Crippen LogP contribution in [0.2, 0.25) is 0 Å². The monoisotopic (exact) mass is 423 g/mol. The fourth-order valence-electron chi connectivity index (χ4n) is 2.64. The molecule has 1 saturated heterocycles. The fraction of sp³-hybridized carbons (Fsp3) is 0.412. The highest BCUT2D eigenvalue weighted by molar-refractivity contribution is 8.01. The molecule has 150 valence electrons. The van der Waals surface area contributed by atoms with E-state index < -0.39 is 0 Å². The van der Waals surface area contributed by atoms with E-state index in [2.05, 4.69) is 15.1 Å². The average molecular weight is 424 g/mol. The summed E-state index contributed by atoms with van der Waals surface area (Å²) in [7, 11) is 1.56. The molecule has 9 nitrogen and oxygen atoms in total. The Morgan fingerprint density at radius 1 is 1.18 bits per heavy atom. The molecule has 0 bridgehead atoms. The van der Waals surface area contributed by atoms with Gasteiger partial charge in [0.2, 0.25) is 11.0 Å². The molecule has 0 saturated carbocycles. The largest absolute Gasteiger partial charge is 0.493 e. The Kier molecular flexibility index (Phi) is 6.93. The topological polar surface area (TPSA) is 111 Å². The smallest absolute Gasteiger partial charge is 0.260 e. The number of thioether (sulfide) groups is 1. The van der Waals surface area contributed by atoms with Gasteiger partial charge in [-0.15, -0.1) is 10.2 Å². The van der Waals surface area contributed by atoms with E-state index in [1.165, 1.54) is 23.1 Å². The van der Waals surface area contributed by atoms with E-state index in [0.717, 1.165) is 5.13 Å². The highest BCUT2D eigenvalue weighted by Crippen LogP contribution is 2.28. The normalized spacial score (nSPS) is 14.0. The van der Waals surface area contributed by atoms with Gasteiger partial charge in [0, 0.05) is 26.2 Å². The lowest BCUT2D eigenvalue weighted by atomic mass is 10.3. The lowest BCUT2D eigenvalue weighted by molar-refractivity contribution is -0.133. The summed E-state index contributed by atoms with van der Waals surface area (Å²) in [6.07, 6.45) is 0. The van der Waals surface area contributed by atoms with Crippen molar-refractivity contribution >= 4 is 40.0 Å². The zero-order valence-corrected chi connectivity index (χ0v) is 17.0. The second-order valence-electron chi connectivity index (χ2n) is 5.91. The summed E-state index contributed by atoms with van der Waals surface area (Å²) < 4.78 is 11.5. The van der Waals surface area contributed by atoms with E-state index in [1.54, 1.807) is 24.1 Å². The molecular formula is C17H21N5O4S2. The summed E-state index contributed by atoms with van der Waals surface area (Å²) in [4.78, 5) is 27.1. The van der Waals surface area contributed by atoms with Crippen LogP contribution < -0.4 is 20.1 Å². The zero-order chi connectivity index (χ0) is 19.9. The van der Waals surface area contributed by atoms with Gasteiger partial charge in [0.25, 0.3) is 5.91 Å². The van der Waals surface area contributed by atoms with Gasteiger partial charge in [-0.1, -0.05) is 35.2 Å². The second-order valence-corrected chi connectivity index (χ2v) is 8.09. The third-order valence-corrected chi connectivity index (χ3v) is 6.20. The van der Waals surface area contributed by atoms with Gasteiger partial charge in [-0.3, -0.25) is 9.59 Å². The maximum absolute atomic E-state index is 12.4. The Bertz CT molecular complexity index is 823. The molecule has 28 heavy (non-hydrogen) atoms. The van der Waals surface area contributed by atoms with Crippen LogP contribution in [0.5, 0.6) is 11.5 Å². The highest BCUT2D eigenvalue weighted by Gasteiger charge is 2.24. The number of carbonyl (C=O) groups is 2. The van der Waals surface area contributed by atoms with Crippen LogP contribution in [0.3, 0.4) is 0 Å². The SMILES string of the molecule is COc1ccccc1OCC(=O)N1CCN(c2nnc(SCC(N)=O)s2)CC1. The van der Waals surface area contributed by atoms with Crippen molar-refractivity contribution in [2.75, 3.05) is 50.5 Å². The molecule has 2 N–H and O–H groups in total. The lowest BCUT2D eigenvalue weighted by Crippen LogP contribution is -2.50. The first-order valence-electron chi connectivity index (χ1n) is 8.60. The van der Waals surface area contributed by atoms with E-state index in [-0.39, 0.29) is 24.2 Å². The number of primary amides is 1. The number of ether oxygens (including phenoxy) is 2. The third kappa shape index (κ3) is 5.26. The Labute approximate surface area is 170 Å². The number of rotatable bonds is 8. The number of hydrogen-bond acceptors (Lipinski definition) is 9. The van der Waals surface area contributed by atoms with Crippen LogP contribution in [0, 0.1) is 0 Å². The average Bonchev–Trinajstić information content (AvgIpc) is 3.20. The van der Waals surface area contributed by atoms with Crippen molar-refractivity contribution in [1.29, 1.82) is 0 Å². The number of hydrogen-bond donors (Lipinski definition) is 1. The number of carbonyl (C=O) groups excluding carboxylic acids is 2. The summed E-state index contributed by atoms with van der Waals surface area (Å²) >= 11 is 2.70.